The van der Waals surface area contributed by atoms with Crippen LogP contribution in [0.3, 0.4) is 0 Å². The summed E-state index contributed by atoms with van der Waals surface area (Å²) in [6.07, 6.45) is 2.91. The van der Waals surface area contributed by atoms with E-state index in [9.17, 15) is 15.8 Å². The van der Waals surface area contributed by atoms with Gasteiger partial charge in [-0.25, -0.2) is 0 Å². The predicted octanol–water partition coefficient (Wildman–Crippen LogP) is 4.17. The van der Waals surface area contributed by atoms with Crippen molar-refractivity contribution in [3.8, 4) is 18.2 Å². The van der Waals surface area contributed by atoms with Crippen LogP contribution < -0.4 is 5.73 Å². The average Bonchev–Trinajstić information content (AvgIpc) is 2.84. The Morgan fingerprint density at radius 2 is 1.69 bits per heavy atom. The second-order valence-electron chi connectivity index (χ2n) is 8.43. The van der Waals surface area contributed by atoms with Gasteiger partial charge in [0.25, 0.3) is 0 Å². The molecule has 0 fully saturated rings. The molecule has 2 aliphatic rings. The third-order valence-electron chi connectivity index (χ3n) is 6.72. The zero-order chi connectivity index (χ0) is 22.7. The van der Waals surface area contributed by atoms with Gasteiger partial charge in [0.2, 0.25) is 5.41 Å². The molecule has 0 radical (unpaired) electrons. The number of nitrogens with two attached hydrogens (primary N) is 1. The van der Waals surface area contributed by atoms with Gasteiger partial charge in [-0.2, -0.15) is 15.8 Å². The van der Waals surface area contributed by atoms with Gasteiger partial charge in [0.15, 0.2) is 0 Å². The molecular weight excluding hydrogens is 394 g/mol. The molecule has 158 valence electrons. The molecule has 0 unspecified atom stereocenters. The van der Waals surface area contributed by atoms with Crippen molar-refractivity contribution in [3.63, 3.8) is 0 Å². The zero-order valence-electron chi connectivity index (χ0n) is 18.1. The van der Waals surface area contributed by atoms with Crippen LogP contribution in [-0.2, 0) is 13.0 Å². The minimum atomic E-state index is -1.59. The lowest BCUT2D eigenvalue weighted by atomic mass is 9.60. The molecule has 5 heteroatoms. The van der Waals surface area contributed by atoms with Crippen LogP contribution in [0.5, 0.6) is 0 Å². The number of fused-ring (bicyclic) bond motifs is 1. The molecule has 32 heavy (non-hydrogen) atoms. The number of rotatable bonds is 4. The smallest absolute Gasteiger partial charge is 0.204 e. The maximum absolute atomic E-state index is 10.1. The van der Waals surface area contributed by atoms with E-state index >= 15 is 0 Å². The lowest BCUT2D eigenvalue weighted by molar-refractivity contribution is 0.218. The van der Waals surface area contributed by atoms with Gasteiger partial charge in [-0.3, -0.25) is 4.90 Å². The van der Waals surface area contributed by atoms with Crippen LogP contribution in [0.15, 0.2) is 77.5 Å². The average molecular weight is 420 g/mol. The highest BCUT2D eigenvalue weighted by Gasteiger charge is 2.52. The number of benzene rings is 2. The molecule has 5 nitrogen and oxygen atoms in total. The monoisotopic (exact) mass is 419 g/mol. The fraction of sp³-hybridized carbons (Fsp3) is 0.296. The number of allylic oxidation sites excluding steroid dienone is 2. The standard InChI is InChI=1S/C27H25N5/c1-2-19-8-10-21(11-9-19)25-22(14-28)26(31)27(17-29,18-30)24-12-13-32(16-23(24)25)15-20-6-4-3-5-7-20/h3-12,23,25H,2,13,15-16,31H2,1H3/t23-,25+/m1/s1. The van der Waals surface area contributed by atoms with Crippen LogP contribution in [0.4, 0.5) is 0 Å². The van der Waals surface area contributed by atoms with Gasteiger partial charge in [-0.05, 0) is 28.7 Å². The largest absolute Gasteiger partial charge is 0.399 e. The molecule has 2 atom stereocenters. The number of hydrogen-bond acceptors (Lipinski definition) is 5. The molecule has 0 amide bonds. The quantitative estimate of drug-likeness (QED) is 0.750. The first-order valence-corrected chi connectivity index (χ1v) is 10.9. The summed E-state index contributed by atoms with van der Waals surface area (Å²) in [6, 6.07) is 25.0. The SMILES string of the molecule is CCc1ccc([C@H]2C(C#N)=C(N)C(C#N)(C#N)C3=CCN(Cc4ccccc4)C[C@H]32)cc1. The Morgan fingerprint density at radius 1 is 1.00 bits per heavy atom. The van der Waals surface area contributed by atoms with Crippen molar-refractivity contribution < 1.29 is 0 Å². The Balaban J connectivity index is 1.82. The second-order valence-corrected chi connectivity index (χ2v) is 8.43. The van der Waals surface area contributed by atoms with E-state index in [1.165, 1.54) is 11.1 Å². The molecule has 1 aliphatic carbocycles. The molecule has 1 aliphatic heterocycles. The minimum Gasteiger partial charge on any atom is -0.399 e. The number of nitriles is 3. The molecular formula is C27H25N5. The predicted molar refractivity (Wildman–Crippen MR) is 122 cm³/mol. The first-order chi connectivity index (χ1) is 15.6. The summed E-state index contributed by atoms with van der Waals surface area (Å²) in [4.78, 5) is 2.30. The Morgan fingerprint density at radius 3 is 2.28 bits per heavy atom. The summed E-state index contributed by atoms with van der Waals surface area (Å²) in [5.41, 5.74) is 9.35. The molecule has 4 rings (SSSR count). The Bertz CT molecular complexity index is 1170. The first kappa shape index (κ1) is 21.4. The zero-order valence-corrected chi connectivity index (χ0v) is 18.1. The first-order valence-electron chi connectivity index (χ1n) is 10.9. The molecule has 2 N–H and O–H groups in total. The van der Waals surface area contributed by atoms with Crippen molar-refractivity contribution in [2.24, 2.45) is 17.1 Å². The van der Waals surface area contributed by atoms with Gasteiger partial charge in [0.05, 0.1) is 29.5 Å². The molecule has 2 aromatic rings. The molecule has 0 saturated carbocycles. The summed E-state index contributed by atoms with van der Waals surface area (Å²) in [5, 5.41) is 30.1. The summed E-state index contributed by atoms with van der Waals surface area (Å²) >= 11 is 0. The van der Waals surface area contributed by atoms with E-state index in [1.54, 1.807) is 0 Å². The molecule has 0 bridgehead atoms. The molecule has 2 aromatic carbocycles. The fourth-order valence-corrected chi connectivity index (χ4v) is 5.01. The van der Waals surface area contributed by atoms with Gasteiger partial charge in [-0.1, -0.05) is 67.6 Å². The van der Waals surface area contributed by atoms with Crippen molar-refractivity contribution >= 4 is 0 Å². The highest BCUT2D eigenvalue weighted by atomic mass is 15.1. The van der Waals surface area contributed by atoms with E-state index in [0.717, 1.165) is 24.1 Å². The van der Waals surface area contributed by atoms with E-state index in [2.05, 4.69) is 54.3 Å². The van der Waals surface area contributed by atoms with Gasteiger partial charge in [0, 0.05) is 31.5 Å². The van der Waals surface area contributed by atoms with E-state index < -0.39 is 5.41 Å². The van der Waals surface area contributed by atoms with Crippen molar-refractivity contribution in [2.75, 3.05) is 13.1 Å². The van der Waals surface area contributed by atoms with Crippen molar-refractivity contribution in [2.45, 2.75) is 25.8 Å². The van der Waals surface area contributed by atoms with Gasteiger partial charge in [0.1, 0.15) is 0 Å². The number of nitrogens with zero attached hydrogens (tertiary/aromatic N) is 4. The summed E-state index contributed by atoms with van der Waals surface area (Å²) in [5.74, 6) is -0.466. The number of hydrogen-bond donors (Lipinski definition) is 1. The van der Waals surface area contributed by atoms with Gasteiger partial charge < -0.3 is 5.73 Å². The lowest BCUT2D eigenvalue weighted by Gasteiger charge is -2.45. The highest BCUT2D eigenvalue weighted by Crippen LogP contribution is 2.52. The molecule has 0 spiro atoms. The fourth-order valence-electron chi connectivity index (χ4n) is 5.01. The maximum Gasteiger partial charge on any atom is 0.204 e. The van der Waals surface area contributed by atoms with Crippen molar-refractivity contribution in [1.82, 2.24) is 4.90 Å². The Hall–Kier alpha value is -3.85. The third kappa shape index (κ3) is 3.46. The maximum atomic E-state index is 10.1. The van der Waals surface area contributed by atoms with E-state index in [-0.39, 0.29) is 17.5 Å². The van der Waals surface area contributed by atoms with Crippen LogP contribution in [0.25, 0.3) is 0 Å². The molecule has 0 saturated heterocycles. The van der Waals surface area contributed by atoms with E-state index in [1.807, 2.05) is 36.4 Å². The van der Waals surface area contributed by atoms with Crippen LogP contribution in [0, 0.1) is 45.3 Å². The Labute approximate surface area is 189 Å². The van der Waals surface area contributed by atoms with Crippen molar-refractivity contribution in [3.05, 3.63) is 94.2 Å². The highest BCUT2D eigenvalue weighted by molar-refractivity contribution is 5.58. The third-order valence-corrected chi connectivity index (χ3v) is 6.72. The van der Waals surface area contributed by atoms with Crippen LogP contribution in [0.1, 0.15) is 29.5 Å². The van der Waals surface area contributed by atoms with Gasteiger partial charge in [-0.15, -0.1) is 0 Å². The van der Waals surface area contributed by atoms with Gasteiger partial charge >= 0.3 is 0 Å². The van der Waals surface area contributed by atoms with Crippen LogP contribution >= 0.6 is 0 Å². The van der Waals surface area contributed by atoms with Crippen molar-refractivity contribution in [1.29, 1.82) is 15.8 Å². The molecule has 1 heterocycles. The lowest BCUT2D eigenvalue weighted by Crippen LogP contribution is -2.47. The number of aryl methyl sites for hydroxylation is 1. The summed E-state index contributed by atoms with van der Waals surface area (Å²) < 4.78 is 0. The normalized spacial score (nSPS) is 22.1. The van der Waals surface area contributed by atoms with Crippen LogP contribution in [0.2, 0.25) is 0 Å². The van der Waals surface area contributed by atoms with Crippen LogP contribution in [-0.4, -0.2) is 18.0 Å². The summed E-state index contributed by atoms with van der Waals surface area (Å²) in [6.45, 7) is 4.13. The second kappa shape index (κ2) is 8.72. The Kier molecular flexibility index (Phi) is 5.83. The minimum absolute atomic E-state index is 0.0774. The van der Waals surface area contributed by atoms with E-state index in [4.69, 9.17) is 5.73 Å². The summed E-state index contributed by atoms with van der Waals surface area (Å²) in [7, 11) is 0. The topological polar surface area (TPSA) is 101 Å². The molecule has 0 aromatic heterocycles. The van der Waals surface area contributed by atoms with E-state index in [0.29, 0.717) is 18.7 Å².